The van der Waals surface area contributed by atoms with Crippen molar-refractivity contribution in [1.29, 1.82) is 0 Å². The Bertz CT molecular complexity index is 1330. The molecular formula is C29H35N3O4S. The highest BCUT2D eigenvalue weighted by molar-refractivity contribution is 7.88. The first-order valence-corrected chi connectivity index (χ1v) is 14.4. The molecule has 1 fully saturated rings. The van der Waals surface area contributed by atoms with E-state index in [-0.39, 0.29) is 12.1 Å². The predicted molar refractivity (Wildman–Crippen MR) is 145 cm³/mol. The molecule has 3 aromatic rings. The van der Waals surface area contributed by atoms with Crippen LogP contribution in [0, 0.1) is 6.92 Å². The van der Waals surface area contributed by atoms with Crippen molar-refractivity contribution >= 4 is 16.1 Å². The van der Waals surface area contributed by atoms with Crippen molar-refractivity contribution in [1.82, 2.24) is 14.2 Å². The quantitative estimate of drug-likeness (QED) is 0.370. The first-order valence-electron chi connectivity index (χ1n) is 12.6. The van der Waals surface area contributed by atoms with Crippen LogP contribution < -0.4 is 0 Å². The zero-order valence-electron chi connectivity index (χ0n) is 21.9. The fourth-order valence-corrected chi connectivity index (χ4v) is 5.36. The Morgan fingerprint density at radius 1 is 1.08 bits per heavy atom. The molecule has 1 saturated heterocycles. The van der Waals surface area contributed by atoms with Gasteiger partial charge in [-0.05, 0) is 61.1 Å². The molecule has 8 heteroatoms. The zero-order valence-corrected chi connectivity index (χ0v) is 22.7. The molecule has 0 bridgehead atoms. The van der Waals surface area contributed by atoms with Gasteiger partial charge in [0.05, 0.1) is 12.3 Å². The lowest BCUT2D eigenvalue weighted by Gasteiger charge is -2.43. The molecule has 0 aliphatic carbocycles. The minimum atomic E-state index is -3.26. The van der Waals surface area contributed by atoms with Gasteiger partial charge in [-0.15, -0.1) is 0 Å². The number of rotatable bonds is 9. The molecule has 1 aliphatic heterocycles. The van der Waals surface area contributed by atoms with Crippen LogP contribution in [0.5, 0.6) is 0 Å². The third kappa shape index (κ3) is 6.19. The highest BCUT2D eigenvalue weighted by atomic mass is 32.2. The van der Waals surface area contributed by atoms with Crippen LogP contribution in [0.1, 0.15) is 49.0 Å². The lowest BCUT2D eigenvalue weighted by molar-refractivity contribution is -0.0667. The fourth-order valence-electron chi connectivity index (χ4n) is 4.90. The third-order valence-corrected chi connectivity index (χ3v) is 8.60. The summed E-state index contributed by atoms with van der Waals surface area (Å²) in [5.41, 5.74) is 4.37. The van der Waals surface area contributed by atoms with Crippen LogP contribution in [0.3, 0.4) is 0 Å². The molecule has 1 aromatic heterocycles. The number of carbonyl (C=O) groups excluding carboxylic acids is 1. The van der Waals surface area contributed by atoms with Gasteiger partial charge in [0.25, 0.3) is 0 Å². The summed E-state index contributed by atoms with van der Waals surface area (Å²) in [4.78, 5) is 19.4. The van der Waals surface area contributed by atoms with Crippen LogP contribution in [0.2, 0.25) is 0 Å². The average molecular weight is 522 g/mol. The Balaban J connectivity index is 1.49. The number of benzene rings is 2. The Morgan fingerprint density at radius 3 is 2.41 bits per heavy atom. The van der Waals surface area contributed by atoms with E-state index in [1.165, 1.54) is 10.6 Å². The summed E-state index contributed by atoms with van der Waals surface area (Å²) >= 11 is 0. The van der Waals surface area contributed by atoms with Gasteiger partial charge in [0, 0.05) is 38.4 Å². The van der Waals surface area contributed by atoms with E-state index >= 15 is 0 Å². The van der Waals surface area contributed by atoms with Crippen molar-refractivity contribution in [2.45, 2.75) is 44.8 Å². The summed E-state index contributed by atoms with van der Waals surface area (Å²) < 4.78 is 31.2. The second-order valence-electron chi connectivity index (χ2n) is 9.84. The highest BCUT2D eigenvalue weighted by Gasteiger charge is 2.43. The van der Waals surface area contributed by atoms with Crippen LogP contribution in [-0.4, -0.2) is 55.1 Å². The second kappa shape index (κ2) is 11.0. The van der Waals surface area contributed by atoms with Crippen LogP contribution in [0.15, 0.2) is 72.9 Å². The van der Waals surface area contributed by atoms with Crippen molar-refractivity contribution < 1.29 is 17.9 Å². The molecule has 0 N–H and O–H groups in total. The topological polar surface area (TPSA) is 79.8 Å². The van der Waals surface area contributed by atoms with Gasteiger partial charge < -0.3 is 9.64 Å². The molecule has 0 saturated carbocycles. The summed E-state index contributed by atoms with van der Waals surface area (Å²) in [6.07, 6.45) is 4.41. The molecule has 37 heavy (non-hydrogen) atoms. The number of hydrogen-bond donors (Lipinski definition) is 0. The molecule has 2 aromatic carbocycles. The maximum atomic E-state index is 13.4. The van der Waals surface area contributed by atoms with E-state index in [9.17, 15) is 13.2 Å². The lowest BCUT2D eigenvalue weighted by Crippen LogP contribution is -2.49. The van der Waals surface area contributed by atoms with Crippen LogP contribution in [-0.2, 0) is 20.4 Å². The average Bonchev–Trinajstić information content (AvgIpc) is 2.88. The molecule has 7 nitrogen and oxygen atoms in total. The maximum absolute atomic E-state index is 13.4. The number of amides is 1. The van der Waals surface area contributed by atoms with Crippen LogP contribution in [0.4, 0.5) is 4.79 Å². The molecule has 1 aliphatic rings. The van der Waals surface area contributed by atoms with E-state index in [1.807, 2.05) is 56.4 Å². The van der Waals surface area contributed by atoms with Crippen LogP contribution >= 0.6 is 0 Å². The van der Waals surface area contributed by atoms with E-state index in [1.54, 1.807) is 11.9 Å². The van der Waals surface area contributed by atoms with Crippen molar-refractivity contribution in [2.75, 3.05) is 26.4 Å². The minimum absolute atomic E-state index is 0.147. The van der Waals surface area contributed by atoms with Gasteiger partial charge >= 0.3 is 6.09 Å². The fraction of sp³-hybridized carbons (Fsp3) is 0.379. The molecule has 2 atom stereocenters. The number of aryl methyl sites for hydroxylation is 1. The minimum Gasteiger partial charge on any atom is -0.438 e. The SMILES string of the molecule is Cc1cc(-c2ccc([C@H](C)N3CC[C@](CCCN(C)S(C)(=O)=O)(c4ccccc4)OC3=O)cc2)ccn1. The summed E-state index contributed by atoms with van der Waals surface area (Å²) in [7, 11) is -1.69. The predicted octanol–water partition coefficient (Wildman–Crippen LogP) is 5.53. The largest absolute Gasteiger partial charge is 0.438 e. The smallest absolute Gasteiger partial charge is 0.411 e. The third-order valence-electron chi connectivity index (χ3n) is 7.28. The van der Waals surface area contributed by atoms with Crippen molar-refractivity contribution in [3.63, 3.8) is 0 Å². The summed E-state index contributed by atoms with van der Waals surface area (Å²) in [6.45, 7) is 4.90. The molecule has 0 radical (unpaired) electrons. The van der Waals surface area contributed by atoms with Gasteiger partial charge in [-0.25, -0.2) is 17.5 Å². The number of nitrogens with zero attached hydrogens (tertiary/aromatic N) is 3. The number of hydrogen-bond acceptors (Lipinski definition) is 5. The second-order valence-corrected chi connectivity index (χ2v) is 11.9. The normalized spacial score (nSPS) is 19.1. The van der Waals surface area contributed by atoms with Crippen molar-refractivity contribution in [2.24, 2.45) is 0 Å². The number of aromatic nitrogens is 1. The van der Waals surface area contributed by atoms with Gasteiger partial charge in [-0.2, -0.15) is 0 Å². The number of sulfonamides is 1. The van der Waals surface area contributed by atoms with E-state index in [2.05, 4.69) is 35.3 Å². The standard InChI is InChI=1S/C29H35N3O4S/c1-22-21-26(15-18-30-22)25-13-11-24(12-14-25)23(2)32-20-17-29(36-28(32)33,27-9-6-5-7-10-27)16-8-19-31(3)37(4,34)35/h5-7,9-15,18,21,23H,8,16-17,19-20H2,1-4H3/t23-,29+/m0/s1. The maximum Gasteiger partial charge on any atom is 0.411 e. The first kappa shape index (κ1) is 26.8. The molecule has 2 heterocycles. The summed E-state index contributed by atoms with van der Waals surface area (Å²) in [5, 5.41) is 0. The molecule has 0 unspecified atom stereocenters. The Hall–Kier alpha value is -3.23. The molecule has 4 rings (SSSR count). The molecular weight excluding hydrogens is 486 g/mol. The first-order chi connectivity index (χ1) is 17.6. The van der Waals surface area contributed by atoms with Gasteiger partial charge in [0.1, 0.15) is 5.60 Å². The Morgan fingerprint density at radius 2 is 1.78 bits per heavy atom. The highest BCUT2D eigenvalue weighted by Crippen LogP contribution is 2.40. The van der Waals surface area contributed by atoms with Gasteiger partial charge in [-0.1, -0.05) is 54.6 Å². The summed E-state index contributed by atoms with van der Waals surface area (Å²) in [5.74, 6) is 0. The van der Waals surface area contributed by atoms with E-state index in [4.69, 9.17) is 4.74 Å². The Labute approximate surface area is 220 Å². The zero-order chi connectivity index (χ0) is 26.6. The number of ether oxygens (including phenoxy) is 1. The Kier molecular flexibility index (Phi) is 7.99. The number of carbonyl (C=O) groups is 1. The molecule has 1 amide bonds. The van der Waals surface area contributed by atoms with Crippen LogP contribution in [0.25, 0.3) is 11.1 Å². The van der Waals surface area contributed by atoms with Gasteiger partial charge in [0.15, 0.2) is 0 Å². The monoisotopic (exact) mass is 521 g/mol. The molecule has 0 spiro atoms. The van der Waals surface area contributed by atoms with Crippen molar-refractivity contribution in [3.8, 4) is 11.1 Å². The molecule has 196 valence electrons. The van der Waals surface area contributed by atoms with Gasteiger partial charge in [0.2, 0.25) is 10.0 Å². The summed E-state index contributed by atoms with van der Waals surface area (Å²) in [6, 6.07) is 21.9. The van der Waals surface area contributed by atoms with E-state index in [0.717, 1.165) is 27.9 Å². The number of cyclic esters (lactones) is 1. The van der Waals surface area contributed by atoms with Crippen molar-refractivity contribution in [3.05, 3.63) is 89.7 Å². The lowest BCUT2D eigenvalue weighted by atomic mass is 9.84. The van der Waals surface area contributed by atoms with Gasteiger partial charge in [-0.3, -0.25) is 4.98 Å². The van der Waals surface area contributed by atoms with E-state index in [0.29, 0.717) is 32.4 Å². The number of pyridine rings is 1. The van der Waals surface area contributed by atoms with E-state index < -0.39 is 15.6 Å².